The molecule has 26 heavy (non-hydrogen) atoms. The zero-order chi connectivity index (χ0) is 19.1. The Kier molecular flexibility index (Phi) is 5.32. The summed E-state index contributed by atoms with van der Waals surface area (Å²) in [6.45, 7) is 0.201. The van der Waals surface area contributed by atoms with Crippen LogP contribution in [0.3, 0.4) is 0 Å². The second kappa shape index (κ2) is 6.95. The summed E-state index contributed by atoms with van der Waals surface area (Å²) < 4.78 is 73.1. The number of halogens is 3. The summed E-state index contributed by atoms with van der Waals surface area (Å²) in [5.74, 6) is -1.78. The van der Waals surface area contributed by atoms with Gasteiger partial charge in [-0.25, -0.2) is 12.7 Å². The van der Waals surface area contributed by atoms with Crippen LogP contribution < -0.4 is 0 Å². The number of piperidine rings is 1. The molecule has 3 fully saturated rings. The van der Waals surface area contributed by atoms with Gasteiger partial charge in [0.2, 0.25) is 10.0 Å². The molecule has 9 heteroatoms. The van der Waals surface area contributed by atoms with Crippen LogP contribution in [0.25, 0.3) is 0 Å². The summed E-state index contributed by atoms with van der Waals surface area (Å²) in [6.07, 6.45) is -1.41. The molecule has 148 valence electrons. The molecule has 1 saturated carbocycles. The monoisotopic (exact) mass is 394 g/mol. The summed E-state index contributed by atoms with van der Waals surface area (Å²) in [7, 11) is -3.78. The Morgan fingerprint density at radius 1 is 1.15 bits per heavy atom. The summed E-state index contributed by atoms with van der Waals surface area (Å²) >= 11 is 0. The molecule has 0 N–H and O–H groups in total. The Morgan fingerprint density at radius 3 is 2.31 bits per heavy atom. The molecule has 0 aromatic carbocycles. The molecule has 1 aliphatic carbocycles. The first kappa shape index (κ1) is 19.9. The lowest BCUT2D eigenvalue weighted by atomic mass is 9.66. The Bertz CT molecular complexity index is 660. The highest BCUT2D eigenvalue weighted by molar-refractivity contribution is 7.89. The number of ether oxygens (including phenoxy) is 1. The Labute approximate surface area is 152 Å². The summed E-state index contributed by atoms with van der Waals surface area (Å²) in [4.78, 5) is 0. The molecule has 0 aromatic heterocycles. The average molecular weight is 394 g/mol. The van der Waals surface area contributed by atoms with Crippen LogP contribution in [0.2, 0.25) is 0 Å². The second-order valence-electron chi connectivity index (χ2n) is 8.05. The van der Waals surface area contributed by atoms with Gasteiger partial charge < -0.3 is 4.74 Å². The number of hydrogen-bond acceptors (Lipinski definition) is 4. The topological polar surface area (TPSA) is 70.4 Å². The van der Waals surface area contributed by atoms with Gasteiger partial charge in [-0.05, 0) is 37.5 Å². The predicted molar refractivity (Wildman–Crippen MR) is 88.5 cm³/mol. The first-order valence-corrected chi connectivity index (χ1v) is 10.8. The van der Waals surface area contributed by atoms with Gasteiger partial charge in [0, 0.05) is 26.3 Å². The Morgan fingerprint density at radius 2 is 1.77 bits per heavy atom. The van der Waals surface area contributed by atoms with Gasteiger partial charge >= 0.3 is 6.18 Å². The van der Waals surface area contributed by atoms with Crippen molar-refractivity contribution >= 4 is 10.0 Å². The third-order valence-corrected chi connectivity index (χ3v) is 8.45. The summed E-state index contributed by atoms with van der Waals surface area (Å²) in [5.41, 5.74) is -2.00. The largest absolute Gasteiger partial charge is 0.392 e. The zero-order valence-electron chi connectivity index (χ0n) is 14.7. The van der Waals surface area contributed by atoms with Gasteiger partial charge in [-0.15, -0.1) is 0 Å². The molecule has 0 bridgehead atoms. The van der Waals surface area contributed by atoms with E-state index in [4.69, 9.17) is 4.74 Å². The van der Waals surface area contributed by atoms with Crippen LogP contribution in [0.15, 0.2) is 0 Å². The van der Waals surface area contributed by atoms with Crippen LogP contribution >= 0.6 is 0 Å². The molecule has 5 nitrogen and oxygen atoms in total. The molecule has 0 amide bonds. The fourth-order valence-corrected chi connectivity index (χ4v) is 7.00. The maximum absolute atomic E-state index is 13.6. The van der Waals surface area contributed by atoms with E-state index >= 15 is 0 Å². The van der Waals surface area contributed by atoms with E-state index in [0.29, 0.717) is 12.8 Å². The molecular formula is C17H25F3N2O3S. The molecular weight excluding hydrogens is 369 g/mol. The third kappa shape index (κ3) is 3.73. The minimum absolute atomic E-state index is 0.121. The highest BCUT2D eigenvalue weighted by atomic mass is 32.2. The highest BCUT2D eigenvalue weighted by Crippen LogP contribution is 2.51. The van der Waals surface area contributed by atoms with Crippen molar-refractivity contribution in [2.45, 2.75) is 51.1 Å². The zero-order valence-corrected chi connectivity index (χ0v) is 15.5. The number of alkyl halides is 3. The Balaban J connectivity index is 1.82. The maximum Gasteiger partial charge on any atom is 0.392 e. The fourth-order valence-electron chi connectivity index (χ4n) is 4.93. The van der Waals surface area contributed by atoms with Crippen LogP contribution in [-0.4, -0.2) is 51.0 Å². The van der Waals surface area contributed by atoms with Gasteiger partial charge in [-0.3, -0.25) is 0 Å². The van der Waals surface area contributed by atoms with E-state index in [1.165, 1.54) is 4.31 Å². The highest BCUT2D eigenvalue weighted by Gasteiger charge is 2.57. The van der Waals surface area contributed by atoms with Gasteiger partial charge in [-0.1, -0.05) is 12.8 Å². The van der Waals surface area contributed by atoms with Crippen LogP contribution in [0.5, 0.6) is 0 Å². The normalized spacial score (nSPS) is 29.5. The first-order chi connectivity index (χ1) is 12.1. The minimum atomic E-state index is -4.34. The standard InChI is InChI=1S/C17H25F3N2O3S/c18-17(19,20)14-3-8-22(12-16(14)6-9-25-10-7-16)26(23,24)13-15(11-21)4-1-2-5-15/h14H,1-10,12-13H2/t14-/m1/s1. The van der Waals surface area contributed by atoms with E-state index in [-0.39, 0.29) is 51.3 Å². The molecule has 0 radical (unpaired) electrons. The quantitative estimate of drug-likeness (QED) is 0.738. The van der Waals surface area contributed by atoms with Crippen molar-refractivity contribution in [1.29, 1.82) is 5.26 Å². The van der Waals surface area contributed by atoms with E-state index in [2.05, 4.69) is 6.07 Å². The van der Waals surface area contributed by atoms with E-state index < -0.39 is 32.9 Å². The molecule has 2 aliphatic heterocycles. The average Bonchev–Trinajstić information content (AvgIpc) is 3.02. The smallest absolute Gasteiger partial charge is 0.381 e. The van der Waals surface area contributed by atoms with Crippen LogP contribution in [0.1, 0.15) is 44.9 Å². The third-order valence-electron chi connectivity index (χ3n) is 6.43. The van der Waals surface area contributed by atoms with Crippen LogP contribution in [-0.2, 0) is 14.8 Å². The van der Waals surface area contributed by atoms with E-state index in [9.17, 15) is 26.9 Å². The van der Waals surface area contributed by atoms with Crippen molar-refractivity contribution in [3.63, 3.8) is 0 Å². The molecule has 0 aromatic rings. The van der Waals surface area contributed by atoms with Gasteiger partial charge in [0.25, 0.3) is 0 Å². The van der Waals surface area contributed by atoms with Gasteiger partial charge in [0.15, 0.2) is 0 Å². The van der Waals surface area contributed by atoms with Crippen molar-refractivity contribution in [1.82, 2.24) is 4.31 Å². The van der Waals surface area contributed by atoms with Crippen molar-refractivity contribution in [3.05, 3.63) is 0 Å². The lowest BCUT2D eigenvalue weighted by Gasteiger charge is -2.50. The molecule has 2 heterocycles. The molecule has 2 saturated heterocycles. The van der Waals surface area contributed by atoms with Crippen molar-refractivity contribution in [2.75, 3.05) is 32.1 Å². The lowest BCUT2D eigenvalue weighted by molar-refractivity contribution is -0.231. The van der Waals surface area contributed by atoms with E-state index in [1.54, 1.807) is 0 Å². The number of rotatable bonds is 3. The summed E-state index contributed by atoms with van der Waals surface area (Å²) in [6, 6.07) is 2.17. The Hall–Kier alpha value is -0.850. The summed E-state index contributed by atoms with van der Waals surface area (Å²) in [5, 5.41) is 9.47. The number of hydrogen-bond donors (Lipinski definition) is 0. The number of sulfonamides is 1. The number of nitriles is 1. The fraction of sp³-hybridized carbons (Fsp3) is 0.941. The van der Waals surface area contributed by atoms with Crippen molar-refractivity contribution in [2.24, 2.45) is 16.7 Å². The van der Waals surface area contributed by atoms with Crippen molar-refractivity contribution < 1.29 is 26.3 Å². The van der Waals surface area contributed by atoms with Gasteiger partial charge in [-0.2, -0.15) is 18.4 Å². The lowest BCUT2D eigenvalue weighted by Crippen LogP contribution is -2.57. The first-order valence-electron chi connectivity index (χ1n) is 9.16. The van der Waals surface area contributed by atoms with E-state index in [0.717, 1.165) is 12.8 Å². The van der Waals surface area contributed by atoms with Crippen LogP contribution in [0, 0.1) is 28.1 Å². The molecule has 3 aliphatic rings. The predicted octanol–water partition coefficient (Wildman–Crippen LogP) is 3.08. The second-order valence-corrected chi connectivity index (χ2v) is 10.0. The molecule has 3 rings (SSSR count). The van der Waals surface area contributed by atoms with Crippen molar-refractivity contribution in [3.8, 4) is 6.07 Å². The molecule has 1 spiro atoms. The number of nitrogens with zero attached hydrogens (tertiary/aromatic N) is 2. The van der Waals surface area contributed by atoms with Gasteiger partial charge in [0.1, 0.15) is 0 Å². The SMILES string of the molecule is N#CC1(CS(=O)(=O)N2CC[C@@H](C(F)(F)F)C3(CCOCC3)C2)CCCC1. The molecule has 1 atom stereocenters. The molecule has 0 unspecified atom stereocenters. The minimum Gasteiger partial charge on any atom is -0.381 e. The van der Waals surface area contributed by atoms with Gasteiger partial charge in [0.05, 0.1) is 23.2 Å². The maximum atomic E-state index is 13.6. The van der Waals surface area contributed by atoms with Crippen LogP contribution in [0.4, 0.5) is 13.2 Å². The van der Waals surface area contributed by atoms with E-state index in [1.807, 2.05) is 0 Å².